The lowest BCUT2D eigenvalue weighted by Gasteiger charge is -2.36. The molecule has 1 fully saturated rings. The number of carbonyl (C=O) groups excluding carboxylic acids is 2. The van der Waals surface area contributed by atoms with Crippen molar-refractivity contribution in [1.29, 1.82) is 0 Å². The van der Waals surface area contributed by atoms with Crippen LogP contribution in [-0.2, 0) is 9.47 Å². The summed E-state index contributed by atoms with van der Waals surface area (Å²) in [5.74, 6) is 0. The number of fused-ring (bicyclic) bond motifs is 2. The molecule has 1 saturated heterocycles. The SMILES string of the molecule is CC(C)(C)OC(=O)N1C2C=CC(C2)N1C(=O)OC(C)(C)C. The molecule has 6 heteroatoms. The van der Waals surface area contributed by atoms with E-state index in [-0.39, 0.29) is 12.1 Å². The largest absolute Gasteiger partial charge is 0.442 e. The van der Waals surface area contributed by atoms with Crippen LogP contribution in [0.4, 0.5) is 9.59 Å². The quantitative estimate of drug-likeness (QED) is 0.645. The van der Waals surface area contributed by atoms with E-state index in [9.17, 15) is 9.59 Å². The standard InChI is InChI=1S/C15H24N2O4/c1-14(2,3)20-12(18)16-10-7-8-11(9-10)17(16)13(19)21-15(4,5)6/h7-8,10-11H,9H2,1-6H3. The van der Waals surface area contributed by atoms with Crippen LogP contribution in [0.25, 0.3) is 0 Å². The van der Waals surface area contributed by atoms with Gasteiger partial charge < -0.3 is 9.47 Å². The van der Waals surface area contributed by atoms with Gasteiger partial charge >= 0.3 is 12.2 Å². The molecule has 2 bridgehead atoms. The van der Waals surface area contributed by atoms with Crippen LogP contribution >= 0.6 is 0 Å². The van der Waals surface area contributed by atoms with Gasteiger partial charge in [-0.25, -0.2) is 19.6 Å². The van der Waals surface area contributed by atoms with Gasteiger partial charge in [0, 0.05) is 0 Å². The van der Waals surface area contributed by atoms with Gasteiger partial charge in [0.1, 0.15) is 11.2 Å². The predicted octanol–water partition coefficient (Wildman–Crippen LogP) is 3.09. The number of hydrogen-bond donors (Lipinski definition) is 0. The summed E-state index contributed by atoms with van der Waals surface area (Å²) in [4.78, 5) is 24.7. The zero-order valence-corrected chi connectivity index (χ0v) is 13.5. The third-order valence-electron chi connectivity index (χ3n) is 3.06. The molecule has 2 aliphatic rings. The van der Waals surface area contributed by atoms with Gasteiger partial charge in [-0.2, -0.15) is 0 Å². The van der Waals surface area contributed by atoms with E-state index in [0.29, 0.717) is 6.42 Å². The van der Waals surface area contributed by atoms with Crippen LogP contribution in [-0.4, -0.2) is 45.5 Å². The molecule has 0 spiro atoms. The Kier molecular flexibility index (Phi) is 3.68. The highest BCUT2D eigenvalue weighted by Crippen LogP contribution is 2.34. The summed E-state index contributed by atoms with van der Waals surface area (Å²) in [6.45, 7) is 10.8. The van der Waals surface area contributed by atoms with E-state index in [0.717, 1.165) is 0 Å². The van der Waals surface area contributed by atoms with Crippen LogP contribution in [0.15, 0.2) is 12.2 Å². The van der Waals surface area contributed by atoms with Crippen LogP contribution in [0.5, 0.6) is 0 Å². The average Bonchev–Trinajstić information content (AvgIpc) is 2.82. The van der Waals surface area contributed by atoms with Gasteiger partial charge in [0.2, 0.25) is 0 Å². The maximum absolute atomic E-state index is 12.4. The Labute approximate surface area is 125 Å². The summed E-state index contributed by atoms with van der Waals surface area (Å²) in [7, 11) is 0. The van der Waals surface area contributed by atoms with Crippen molar-refractivity contribution in [3.63, 3.8) is 0 Å². The third kappa shape index (κ3) is 3.49. The molecule has 21 heavy (non-hydrogen) atoms. The summed E-state index contributed by atoms with van der Waals surface area (Å²) in [6.07, 6.45) is 3.50. The van der Waals surface area contributed by atoms with E-state index in [4.69, 9.17) is 9.47 Å². The lowest BCUT2D eigenvalue weighted by molar-refractivity contribution is -0.0579. The maximum atomic E-state index is 12.4. The summed E-state index contributed by atoms with van der Waals surface area (Å²) >= 11 is 0. The molecule has 118 valence electrons. The Morgan fingerprint density at radius 1 is 0.857 bits per heavy atom. The Morgan fingerprint density at radius 2 is 1.19 bits per heavy atom. The fourth-order valence-electron chi connectivity index (χ4n) is 2.41. The normalized spacial score (nSPS) is 24.5. The maximum Gasteiger partial charge on any atom is 0.430 e. The minimum absolute atomic E-state index is 0.141. The number of rotatable bonds is 0. The highest BCUT2D eigenvalue weighted by atomic mass is 16.6. The van der Waals surface area contributed by atoms with Crippen LogP contribution in [0.2, 0.25) is 0 Å². The molecule has 1 aliphatic heterocycles. The van der Waals surface area contributed by atoms with Crippen molar-refractivity contribution in [2.24, 2.45) is 0 Å². The highest BCUT2D eigenvalue weighted by molar-refractivity contribution is 5.77. The monoisotopic (exact) mass is 296 g/mol. The van der Waals surface area contributed by atoms with Crippen molar-refractivity contribution in [2.45, 2.75) is 71.2 Å². The molecule has 2 amide bonds. The molecule has 1 aliphatic carbocycles. The molecule has 2 unspecified atom stereocenters. The first-order valence-electron chi connectivity index (χ1n) is 7.20. The first-order chi connectivity index (χ1) is 9.48. The lowest BCUT2D eigenvalue weighted by atomic mass is 10.2. The van der Waals surface area contributed by atoms with E-state index >= 15 is 0 Å². The molecule has 6 nitrogen and oxygen atoms in total. The Hall–Kier alpha value is -1.72. The number of hydrazine groups is 1. The predicted molar refractivity (Wildman–Crippen MR) is 77.5 cm³/mol. The molecule has 0 aromatic carbocycles. The number of carbonyl (C=O) groups is 2. The molecule has 0 saturated carbocycles. The zero-order chi connectivity index (χ0) is 16.0. The van der Waals surface area contributed by atoms with Crippen LogP contribution in [0.3, 0.4) is 0 Å². The number of amides is 2. The van der Waals surface area contributed by atoms with Crippen LogP contribution < -0.4 is 0 Å². The zero-order valence-electron chi connectivity index (χ0n) is 13.5. The number of hydrogen-bond acceptors (Lipinski definition) is 4. The summed E-state index contributed by atoms with van der Waals surface area (Å²) in [5.41, 5.74) is -1.22. The summed E-state index contributed by atoms with van der Waals surface area (Å²) < 4.78 is 10.8. The number of ether oxygens (including phenoxy) is 2. The second-order valence-electron chi connectivity index (χ2n) is 7.41. The minimum atomic E-state index is -0.609. The molecule has 2 atom stereocenters. The van der Waals surface area contributed by atoms with Crippen molar-refractivity contribution in [1.82, 2.24) is 10.0 Å². The Morgan fingerprint density at radius 3 is 1.48 bits per heavy atom. The van der Waals surface area contributed by atoms with E-state index in [1.165, 1.54) is 10.0 Å². The molecule has 0 N–H and O–H groups in total. The molecular weight excluding hydrogens is 272 g/mol. The fraction of sp³-hybridized carbons (Fsp3) is 0.733. The number of nitrogens with zero attached hydrogens (tertiary/aromatic N) is 2. The van der Waals surface area contributed by atoms with Gasteiger partial charge in [-0.1, -0.05) is 12.2 Å². The Balaban J connectivity index is 2.17. The van der Waals surface area contributed by atoms with Crippen LogP contribution in [0.1, 0.15) is 48.0 Å². The van der Waals surface area contributed by atoms with Gasteiger partial charge in [-0.05, 0) is 48.0 Å². The first-order valence-corrected chi connectivity index (χ1v) is 7.20. The van der Waals surface area contributed by atoms with Gasteiger partial charge in [0.15, 0.2) is 0 Å². The molecule has 0 aromatic heterocycles. The van der Waals surface area contributed by atoms with Crippen molar-refractivity contribution >= 4 is 12.2 Å². The summed E-state index contributed by atoms with van der Waals surface area (Å²) in [5, 5.41) is 2.73. The van der Waals surface area contributed by atoms with Crippen molar-refractivity contribution in [3.05, 3.63) is 12.2 Å². The van der Waals surface area contributed by atoms with E-state index < -0.39 is 23.4 Å². The second kappa shape index (κ2) is 4.93. The molecule has 1 heterocycles. The molecule has 0 aromatic rings. The topological polar surface area (TPSA) is 59.1 Å². The highest BCUT2D eigenvalue weighted by Gasteiger charge is 2.49. The van der Waals surface area contributed by atoms with Gasteiger partial charge in [-0.3, -0.25) is 0 Å². The van der Waals surface area contributed by atoms with Crippen LogP contribution in [0, 0.1) is 0 Å². The molecule has 0 radical (unpaired) electrons. The first kappa shape index (κ1) is 15.7. The van der Waals surface area contributed by atoms with Crippen molar-refractivity contribution < 1.29 is 19.1 Å². The lowest BCUT2D eigenvalue weighted by Crippen LogP contribution is -2.54. The minimum Gasteiger partial charge on any atom is -0.442 e. The van der Waals surface area contributed by atoms with Gasteiger partial charge in [0.05, 0.1) is 12.1 Å². The van der Waals surface area contributed by atoms with E-state index in [1.807, 2.05) is 12.2 Å². The van der Waals surface area contributed by atoms with Gasteiger partial charge in [0.25, 0.3) is 0 Å². The third-order valence-corrected chi connectivity index (χ3v) is 3.06. The van der Waals surface area contributed by atoms with E-state index in [1.54, 1.807) is 41.5 Å². The fourth-order valence-corrected chi connectivity index (χ4v) is 2.41. The smallest absolute Gasteiger partial charge is 0.430 e. The van der Waals surface area contributed by atoms with Gasteiger partial charge in [-0.15, -0.1) is 0 Å². The van der Waals surface area contributed by atoms with E-state index in [2.05, 4.69) is 0 Å². The average molecular weight is 296 g/mol. The second-order valence-corrected chi connectivity index (χ2v) is 7.41. The summed E-state index contributed by atoms with van der Waals surface area (Å²) in [6, 6.07) is -0.283. The molecular formula is C15H24N2O4. The van der Waals surface area contributed by atoms with Crippen molar-refractivity contribution in [3.8, 4) is 0 Å². The molecule has 2 rings (SSSR count). The van der Waals surface area contributed by atoms with Crippen molar-refractivity contribution in [2.75, 3.05) is 0 Å². The Bertz CT molecular complexity index is 431.